The summed E-state index contributed by atoms with van der Waals surface area (Å²) < 4.78 is 23.6. The second-order valence-corrected chi connectivity index (χ2v) is 25.0. The lowest BCUT2D eigenvalue weighted by Crippen LogP contribution is -2.50. The van der Waals surface area contributed by atoms with E-state index in [1.165, 1.54) is 4.90 Å². The van der Waals surface area contributed by atoms with Crippen molar-refractivity contribution in [2.24, 2.45) is 0 Å². The van der Waals surface area contributed by atoms with Gasteiger partial charge in [0, 0.05) is 78.7 Å². The fraction of sp³-hybridized carbons (Fsp3) is 0.619. The van der Waals surface area contributed by atoms with Gasteiger partial charge in [-0.3, -0.25) is 33.7 Å². The second-order valence-electron chi connectivity index (χ2n) is 25.0. The number of hydrogen-bond acceptors (Lipinski definition) is 12. The molecule has 79 heavy (non-hydrogen) atoms. The highest BCUT2D eigenvalue weighted by Gasteiger charge is 2.42. The molecular formula is C63H90N6O10. The van der Waals surface area contributed by atoms with Crippen molar-refractivity contribution in [2.75, 3.05) is 13.2 Å². The standard InChI is InChI=1S/C63H90N6O10/c1-18-21-31-69-58(74)54-39(7)46-34-47-41(20-3)36(4)43(64-47)35-48-53(40(8)76-32-22-19-2)38(6)45(65-48)33-44-37(5)42(56(66-44)55(59(69)75)57(54)67-46)23-24-49(70)68-63(28-25-50(71)77-60(9,10)11,29-26-51(72)78-61(12,13)14)30-27-52(73)79-62(15,16)17/h33-35,37,40,42,66-67H,18-32H2,1-17H3,(H,68,70)/t37-,40?,42-/m0/s1. The van der Waals surface area contributed by atoms with E-state index >= 15 is 4.79 Å². The first kappa shape index (κ1) is 62.0. The molecule has 1 unspecified atom stereocenters. The highest BCUT2D eigenvalue weighted by molar-refractivity contribution is 6.23. The first-order valence-electron chi connectivity index (χ1n) is 28.8. The van der Waals surface area contributed by atoms with E-state index in [0.717, 1.165) is 70.0 Å². The number of amides is 3. The molecule has 16 heteroatoms. The number of fused-ring (bicyclic) bond motifs is 8. The number of carbonyl (C=O) groups is 6. The Morgan fingerprint density at radius 1 is 0.684 bits per heavy atom. The van der Waals surface area contributed by atoms with Crippen LogP contribution in [0.3, 0.4) is 0 Å². The number of aromatic amines is 2. The highest BCUT2D eigenvalue weighted by Crippen LogP contribution is 2.45. The van der Waals surface area contributed by atoms with Crippen molar-refractivity contribution in [2.45, 2.75) is 241 Å². The largest absolute Gasteiger partial charge is 0.460 e. The molecule has 0 radical (unpaired) electrons. The summed E-state index contributed by atoms with van der Waals surface area (Å²) in [5.74, 6) is -3.44. The molecule has 3 N–H and O–H groups in total. The van der Waals surface area contributed by atoms with Crippen LogP contribution in [0.5, 0.6) is 0 Å². The molecule has 0 aromatic carbocycles. The van der Waals surface area contributed by atoms with Crippen LogP contribution in [0.15, 0.2) is 18.2 Å². The first-order chi connectivity index (χ1) is 36.9. The number of hydrogen-bond donors (Lipinski definition) is 3. The minimum absolute atomic E-state index is 0.0520. The Kier molecular flexibility index (Phi) is 19.7. The van der Waals surface area contributed by atoms with E-state index in [2.05, 4.69) is 56.8 Å². The number of allylic oxidation sites excluding steroid dienone is 3. The smallest absolute Gasteiger partial charge is 0.306 e. The molecule has 0 saturated carbocycles. The van der Waals surface area contributed by atoms with Gasteiger partial charge in [0.25, 0.3) is 11.8 Å². The zero-order chi connectivity index (χ0) is 58.5. The third-order valence-corrected chi connectivity index (χ3v) is 15.1. The average molecular weight is 1090 g/mol. The molecule has 0 aliphatic carbocycles. The predicted octanol–water partition coefficient (Wildman–Crippen LogP) is 13.1. The highest BCUT2D eigenvalue weighted by atomic mass is 16.6. The monoisotopic (exact) mass is 1090 g/mol. The molecular weight excluding hydrogens is 1000 g/mol. The van der Waals surface area contributed by atoms with Crippen LogP contribution in [0.2, 0.25) is 0 Å². The van der Waals surface area contributed by atoms with Crippen LogP contribution < -0.4 is 5.32 Å². The summed E-state index contributed by atoms with van der Waals surface area (Å²) >= 11 is 0. The summed E-state index contributed by atoms with van der Waals surface area (Å²) in [6.45, 7) is 33.2. The first-order valence-corrected chi connectivity index (χ1v) is 28.8. The topological polar surface area (TPSA) is 212 Å². The van der Waals surface area contributed by atoms with Crippen LogP contribution in [-0.4, -0.2) is 102 Å². The third kappa shape index (κ3) is 15.2. The van der Waals surface area contributed by atoms with Crippen LogP contribution in [-0.2, 0) is 38.1 Å². The lowest BCUT2D eigenvalue weighted by Gasteiger charge is -2.36. The van der Waals surface area contributed by atoms with Crippen LogP contribution in [0, 0.1) is 6.92 Å². The summed E-state index contributed by atoms with van der Waals surface area (Å²) in [6, 6.07) is 6.06. The molecule has 432 valence electrons. The van der Waals surface area contributed by atoms with Crippen molar-refractivity contribution in [3.05, 3.63) is 69.1 Å². The molecule has 2 aromatic rings. The number of unbranched alkanes of at least 4 members (excludes halogenated alkanes) is 2. The van der Waals surface area contributed by atoms with Gasteiger partial charge in [0.2, 0.25) is 5.91 Å². The maximum atomic E-state index is 15.3. The van der Waals surface area contributed by atoms with Crippen LogP contribution >= 0.6 is 0 Å². The molecule has 16 nitrogen and oxygen atoms in total. The van der Waals surface area contributed by atoms with Crippen molar-refractivity contribution in [1.29, 1.82) is 0 Å². The number of imide groups is 1. The average Bonchev–Trinajstić information content (AvgIpc) is 4.13. The molecule has 6 rings (SSSR count). The number of aromatic nitrogens is 4. The van der Waals surface area contributed by atoms with Gasteiger partial charge in [-0.1, -0.05) is 40.5 Å². The lowest BCUT2D eigenvalue weighted by atomic mass is 9.82. The number of H-pyrrole nitrogens is 2. The van der Waals surface area contributed by atoms with Gasteiger partial charge < -0.3 is 34.2 Å². The molecule has 6 heterocycles. The number of rotatable bonds is 22. The number of nitrogens with one attached hydrogen (secondary N) is 3. The Labute approximate surface area is 468 Å². The van der Waals surface area contributed by atoms with E-state index < -0.39 is 52.1 Å². The summed E-state index contributed by atoms with van der Waals surface area (Å²) in [5.41, 5.74) is 7.29. The van der Waals surface area contributed by atoms with Gasteiger partial charge >= 0.3 is 17.9 Å². The van der Waals surface area contributed by atoms with Crippen LogP contribution in [0.25, 0.3) is 33.3 Å². The number of carbonyl (C=O) groups excluding carboxylic acids is 6. The van der Waals surface area contributed by atoms with Gasteiger partial charge in [0.05, 0.1) is 45.5 Å². The third-order valence-electron chi connectivity index (χ3n) is 15.1. The Bertz CT molecular complexity index is 2870. The maximum Gasteiger partial charge on any atom is 0.306 e. The fourth-order valence-electron chi connectivity index (χ4n) is 11.1. The summed E-state index contributed by atoms with van der Waals surface area (Å²) in [7, 11) is 0. The number of esters is 3. The van der Waals surface area contributed by atoms with Gasteiger partial charge in [-0.05, 0) is 175 Å². The van der Waals surface area contributed by atoms with Gasteiger partial charge in [0.15, 0.2) is 0 Å². The second kappa shape index (κ2) is 25.1. The molecule has 0 spiro atoms. The predicted molar refractivity (Wildman–Crippen MR) is 309 cm³/mol. The lowest BCUT2D eigenvalue weighted by molar-refractivity contribution is -0.155. The minimum atomic E-state index is -1.25. The van der Waals surface area contributed by atoms with Crippen molar-refractivity contribution >= 4 is 69.0 Å². The molecule has 4 aliphatic rings. The Hall–Kier alpha value is -6.16. The van der Waals surface area contributed by atoms with E-state index in [-0.39, 0.29) is 81.7 Å². The van der Waals surface area contributed by atoms with Crippen molar-refractivity contribution in [1.82, 2.24) is 30.2 Å². The molecule has 2 aromatic heterocycles. The van der Waals surface area contributed by atoms with Gasteiger partial charge in [0.1, 0.15) is 16.8 Å². The van der Waals surface area contributed by atoms with Crippen LogP contribution in [0.1, 0.15) is 267 Å². The molecule has 3 atom stereocenters. The van der Waals surface area contributed by atoms with E-state index in [1.54, 1.807) is 62.3 Å². The summed E-state index contributed by atoms with van der Waals surface area (Å²) in [5, 5.41) is 3.25. The minimum Gasteiger partial charge on any atom is -0.460 e. The summed E-state index contributed by atoms with van der Waals surface area (Å²) in [6.07, 6.45) is 3.75. The zero-order valence-electron chi connectivity index (χ0n) is 50.5. The Morgan fingerprint density at radius 2 is 1.22 bits per heavy atom. The SMILES string of the molecule is CCCCOC(C)C1=C(C)c2cc3[nH]c(c4c5[nH]c(cc6nc(cc1n2)C(C)=C6CC)c(C)c5C(=O)N(CCCC)C4=O)[C@@H](CCC(=O)NC(CCC(=O)OC(C)(C)C)(CCC(=O)OC(C)(C)C)CCC(=O)OC(C)(C)C)[C@@H]3C. The molecule has 4 aliphatic heterocycles. The number of nitrogens with zero attached hydrogens (tertiary/aromatic N) is 3. The van der Waals surface area contributed by atoms with E-state index in [1.807, 2.05) is 32.0 Å². The van der Waals surface area contributed by atoms with Crippen molar-refractivity contribution in [3.8, 4) is 0 Å². The van der Waals surface area contributed by atoms with Gasteiger partial charge in [-0.15, -0.1) is 0 Å². The Balaban J connectivity index is 1.54. The van der Waals surface area contributed by atoms with Gasteiger partial charge in [-0.25, -0.2) is 9.97 Å². The zero-order valence-corrected chi connectivity index (χ0v) is 50.5. The van der Waals surface area contributed by atoms with E-state index in [4.69, 9.17) is 28.9 Å². The summed E-state index contributed by atoms with van der Waals surface area (Å²) in [4.78, 5) is 104. The quantitative estimate of drug-likeness (QED) is 0.0435. The van der Waals surface area contributed by atoms with Crippen molar-refractivity contribution < 1.29 is 47.7 Å². The maximum absolute atomic E-state index is 15.3. The Morgan fingerprint density at radius 3 is 1.75 bits per heavy atom. The van der Waals surface area contributed by atoms with Crippen LogP contribution in [0.4, 0.5) is 0 Å². The fourth-order valence-corrected chi connectivity index (χ4v) is 11.1. The van der Waals surface area contributed by atoms with Gasteiger partial charge in [-0.2, -0.15) is 0 Å². The molecule has 0 saturated heterocycles. The van der Waals surface area contributed by atoms with Crippen molar-refractivity contribution in [3.63, 3.8) is 0 Å². The van der Waals surface area contributed by atoms with E-state index in [9.17, 15) is 24.0 Å². The molecule has 3 amide bonds. The number of ether oxygens (including phenoxy) is 4. The molecule has 0 fully saturated rings. The number of aryl methyl sites for hydroxylation is 1. The normalized spacial score (nSPS) is 16.8. The molecule has 8 bridgehead atoms. The van der Waals surface area contributed by atoms with E-state index in [0.29, 0.717) is 52.9 Å².